The number of rotatable bonds is 5. The van der Waals surface area contributed by atoms with Crippen molar-refractivity contribution in [3.05, 3.63) is 11.7 Å². The largest absolute Gasteiger partial charge is 0.392 e. The number of thioether (sulfide) groups is 1. The quantitative estimate of drug-likeness (QED) is 0.883. The van der Waals surface area contributed by atoms with E-state index in [1.54, 1.807) is 0 Å². The van der Waals surface area contributed by atoms with Crippen molar-refractivity contribution >= 4 is 11.8 Å². The van der Waals surface area contributed by atoms with Crippen molar-refractivity contribution in [1.82, 2.24) is 10.1 Å². The van der Waals surface area contributed by atoms with Crippen LogP contribution in [0.1, 0.15) is 44.3 Å². The molecule has 0 aromatic carbocycles. The van der Waals surface area contributed by atoms with E-state index < -0.39 is 6.10 Å². The van der Waals surface area contributed by atoms with E-state index in [1.807, 2.05) is 11.8 Å². The normalized spacial score (nSPS) is 26.2. The van der Waals surface area contributed by atoms with Gasteiger partial charge >= 0.3 is 0 Å². The summed E-state index contributed by atoms with van der Waals surface area (Å²) in [6, 6.07) is 0. The van der Waals surface area contributed by atoms with E-state index in [9.17, 15) is 5.11 Å². The average molecular weight is 272 g/mol. The molecule has 0 spiro atoms. The number of hydrogen-bond donors (Lipinski definition) is 1. The predicted molar refractivity (Wildman–Crippen MR) is 69.5 cm³/mol. The van der Waals surface area contributed by atoms with Crippen molar-refractivity contribution in [2.45, 2.75) is 49.7 Å². The van der Waals surface area contributed by atoms with Gasteiger partial charge in [0.1, 0.15) is 0 Å². The lowest BCUT2D eigenvalue weighted by atomic mass is 9.99. The van der Waals surface area contributed by atoms with Crippen molar-refractivity contribution in [3.8, 4) is 0 Å². The van der Waals surface area contributed by atoms with Crippen LogP contribution in [-0.4, -0.2) is 39.8 Å². The van der Waals surface area contributed by atoms with Crippen LogP contribution in [0.15, 0.2) is 4.52 Å². The van der Waals surface area contributed by atoms with Gasteiger partial charge < -0.3 is 14.4 Å². The smallest absolute Gasteiger partial charge is 0.234 e. The van der Waals surface area contributed by atoms with Crippen LogP contribution in [0.2, 0.25) is 0 Å². The molecule has 0 bridgehead atoms. The number of aromatic nitrogens is 2. The minimum absolute atomic E-state index is 0.173. The first-order chi connectivity index (χ1) is 8.70. The van der Waals surface area contributed by atoms with Crippen LogP contribution in [0, 0.1) is 0 Å². The fourth-order valence-corrected chi connectivity index (χ4v) is 2.56. The predicted octanol–water partition coefficient (Wildman–Crippen LogP) is 1.97. The molecular weight excluding hydrogens is 252 g/mol. The summed E-state index contributed by atoms with van der Waals surface area (Å²) in [5, 5.41) is 14.4. The second-order valence-corrected chi connectivity index (χ2v) is 6.04. The van der Waals surface area contributed by atoms with Crippen molar-refractivity contribution in [2.75, 3.05) is 13.2 Å². The summed E-state index contributed by atoms with van der Waals surface area (Å²) in [6.45, 7) is 5.41. The maximum absolute atomic E-state index is 9.87. The Hall–Kier alpha value is -0.590. The van der Waals surface area contributed by atoms with E-state index in [2.05, 4.69) is 24.0 Å². The van der Waals surface area contributed by atoms with E-state index in [1.165, 1.54) is 0 Å². The van der Waals surface area contributed by atoms with Crippen LogP contribution in [0.5, 0.6) is 0 Å². The van der Waals surface area contributed by atoms with E-state index in [-0.39, 0.29) is 5.92 Å². The highest BCUT2D eigenvalue weighted by Crippen LogP contribution is 2.25. The lowest BCUT2D eigenvalue weighted by Crippen LogP contribution is -2.30. The van der Waals surface area contributed by atoms with Crippen molar-refractivity contribution < 1.29 is 14.4 Å². The van der Waals surface area contributed by atoms with E-state index in [4.69, 9.17) is 9.26 Å². The molecule has 2 heterocycles. The van der Waals surface area contributed by atoms with Gasteiger partial charge in [-0.05, 0) is 12.8 Å². The van der Waals surface area contributed by atoms with Gasteiger partial charge in [0.25, 0.3) is 0 Å². The molecule has 1 N–H and O–H groups in total. The highest BCUT2D eigenvalue weighted by molar-refractivity contribution is 7.99. The molecule has 1 fully saturated rings. The first-order valence-corrected chi connectivity index (χ1v) is 7.45. The molecule has 18 heavy (non-hydrogen) atoms. The van der Waals surface area contributed by atoms with Crippen LogP contribution in [0.25, 0.3) is 0 Å². The SMILES string of the molecule is CCC(C)SCc1noc(C2COCCC2O)n1. The zero-order valence-electron chi connectivity index (χ0n) is 10.8. The fourth-order valence-electron chi connectivity index (χ4n) is 1.77. The molecule has 3 atom stereocenters. The number of hydrogen-bond acceptors (Lipinski definition) is 6. The van der Waals surface area contributed by atoms with E-state index >= 15 is 0 Å². The third-order valence-corrected chi connectivity index (χ3v) is 4.52. The molecule has 1 saturated heterocycles. The zero-order chi connectivity index (χ0) is 13.0. The van der Waals surface area contributed by atoms with E-state index in [0.717, 1.165) is 12.2 Å². The highest BCUT2D eigenvalue weighted by Gasteiger charge is 2.30. The molecule has 0 radical (unpaired) electrons. The number of ether oxygens (including phenoxy) is 1. The fraction of sp³-hybridized carbons (Fsp3) is 0.833. The molecule has 5 nitrogen and oxygen atoms in total. The Labute approximate surface area is 111 Å². The Balaban J connectivity index is 1.92. The van der Waals surface area contributed by atoms with Gasteiger partial charge in [-0.2, -0.15) is 16.7 Å². The van der Waals surface area contributed by atoms with Crippen molar-refractivity contribution in [1.29, 1.82) is 0 Å². The minimum atomic E-state index is -0.436. The van der Waals surface area contributed by atoms with Gasteiger partial charge in [-0.15, -0.1) is 0 Å². The highest BCUT2D eigenvalue weighted by atomic mass is 32.2. The van der Waals surface area contributed by atoms with Crippen molar-refractivity contribution in [2.24, 2.45) is 0 Å². The monoisotopic (exact) mass is 272 g/mol. The molecule has 0 amide bonds. The summed E-state index contributed by atoms with van der Waals surface area (Å²) in [5.41, 5.74) is 0. The van der Waals surface area contributed by atoms with E-state index in [0.29, 0.717) is 36.6 Å². The van der Waals surface area contributed by atoms with Gasteiger partial charge in [0.15, 0.2) is 5.82 Å². The van der Waals surface area contributed by atoms with Gasteiger partial charge in [0.05, 0.1) is 24.4 Å². The molecule has 3 unspecified atom stereocenters. The zero-order valence-corrected chi connectivity index (χ0v) is 11.7. The molecule has 1 aromatic rings. The maximum Gasteiger partial charge on any atom is 0.234 e. The van der Waals surface area contributed by atoms with Gasteiger partial charge in [-0.1, -0.05) is 19.0 Å². The van der Waals surface area contributed by atoms with Crippen LogP contribution in [0.3, 0.4) is 0 Å². The number of nitrogens with zero attached hydrogens (tertiary/aromatic N) is 2. The summed E-state index contributed by atoms with van der Waals surface area (Å²) in [7, 11) is 0. The second-order valence-electron chi connectivity index (χ2n) is 4.62. The third-order valence-electron chi connectivity index (χ3n) is 3.19. The molecule has 0 aliphatic carbocycles. The molecule has 2 rings (SSSR count). The maximum atomic E-state index is 9.87. The van der Waals surface area contributed by atoms with Crippen LogP contribution in [-0.2, 0) is 10.5 Å². The molecule has 6 heteroatoms. The summed E-state index contributed by atoms with van der Waals surface area (Å²) in [6.07, 6.45) is 1.32. The Morgan fingerprint density at radius 3 is 3.11 bits per heavy atom. The Morgan fingerprint density at radius 1 is 1.56 bits per heavy atom. The summed E-state index contributed by atoms with van der Waals surface area (Å²) in [4.78, 5) is 4.35. The first-order valence-electron chi connectivity index (χ1n) is 6.40. The molecular formula is C12H20N2O3S. The minimum Gasteiger partial charge on any atom is -0.392 e. The lowest BCUT2D eigenvalue weighted by molar-refractivity contribution is -0.0149. The van der Waals surface area contributed by atoms with Gasteiger partial charge in [0, 0.05) is 11.9 Å². The van der Waals surface area contributed by atoms with Gasteiger partial charge in [0.2, 0.25) is 5.89 Å². The van der Waals surface area contributed by atoms with Crippen LogP contribution < -0.4 is 0 Å². The summed E-state index contributed by atoms with van der Waals surface area (Å²) < 4.78 is 10.6. The van der Waals surface area contributed by atoms with Crippen LogP contribution >= 0.6 is 11.8 Å². The molecule has 1 aliphatic rings. The Morgan fingerprint density at radius 2 is 2.39 bits per heavy atom. The van der Waals surface area contributed by atoms with Gasteiger partial charge in [-0.25, -0.2) is 0 Å². The third kappa shape index (κ3) is 3.46. The summed E-state index contributed by atoms with van der Waals surface area (Å²) in [5.74, 6) is 1.78. The Bertz CT molecular complexity index is 372. The molecule has 1 aromatic heterocycles. The lowest BCUT2D eigenvalue weighted by Gasteiger charge is -2.24. The molecule has 1 aliphatic heterocycles. The number of aliphatic hydroxyl groups excluding tert-OH is 1. The molecule has 0 saturated carbocycles. The average Bonchev–Trinajstić information content (AvgIpc) is 2.85. The van der Waals surface area contributed by atoms with Crippen molar-refractivity contribution in [3.63, 3.8) is 0 Å². The topological polar surface area (TPSA) is 68.4 Å². The summed E-state index contributed by atoms with van der Waals surface area (Å²) >= 11 is 1.81. The van der Waals surface area contributed by atoms with Gasteiger partial charge in [-0.3, -0.25) is 0 Å². The van der Waals surface area contributed by atoms with Crippen LogP contribution in [0.4, 0.5) is 0 Å². The molecule has 102 valence electrons. The first kappa shape index (κ1) is 13.8. The second kappa shape index (κ2) is 6.54. The number of aliphatic hydroxyl groups is 1. The Kier molecular flexibility index (Phi) is 5.03. The standard InChI is InChI=1S/C12H20N2O3S/c1-3-8(2)18-7-11-13-12(17-14-11)9-6-16-5-4-10(9)15/h8-10,15H,3-7H2,1-2H3.